The maximum absolute atomic E-state index is 11.3. The first kappa shape index (κ1) is 20.9. The van der Waals surface area contributed by atoms with E-state index in [-0.39, 0.29) is 65.7 Å². The van der Waals surface area contributed by atoms with Crippen LogP contribution >= 0.6 is 0 Å². The van der Waals surface area contributed by atoms with Crippen LogP contribution in [-0.4, -0.2) is 22.2 Å². The van der Waals surface area contributed by atoms with E-state index in [1.165, 1.54) is 0 Å². The molecular weight excluding hydrogens is 259 g/mol. The van der Waals surface area contributed by atoms with Crippen molar-refractivity contribution in [3.05, 3.63) is 0 Å². The van der Waals surface area contributed by atoms with Crippen molar-refractivity contribution in [1.29, 1.82) is 0 Å². The van der Waals surface area contributed by atoms with Gasteiger partial charge in [0.15, 0.2) is 5.41 Å². The summed E-state index contributed by atoms with van der Waals surface area (Å²) >= 11 is 0. The van der Waals surface area contributed by atoms with Crippen LogP contribution in [0.1, 0.15) is 66.6 Å². The minimum Gasteiger partial charge on any atom is -1.00 e. The maximum atomic E-state index is 11.3. The van der Waals surface area contributed by atoms with Crippen LogP contribution in [0.4, 0.5) is 0 Å². The normalized spacial score (nSPS) is 10.8. The molecule has 0 aromatic carbocycles. The zero-order valence-corrected chi connectivity index (χ0v) is 15.0. The number of unbranched alkanes of at least 4 members (excludes halogenated alkanes) is 4. The fourth-order valence-corrected chi connectivity index (χ4v) is 2.00. The van der Waals surface area contributed by atoms with E-state index in [2.05, 4.69) is 0 Å². The average molecular weight is 284 g/mol. The van der Waals surface area contributed by atoms with Crippen molar-refractivity contribution in [3.63, 3.8) is 0 Å². The predicted octanol–water partition coefficient (Wildman–Crippen LogP) is 0.419. The van der Waals surface area contributed by atoms with Crippen LogP contribution in [0.25, 0.3) is 0 Å². The van der Waals surface area contributed by atoms with Crippen molar-refractivity contribution < 1.29 is 72.6 Å². The van der Waals surface area contributed by atoms with Crippen molar-refractivity contribution in [2.24, 2.45) is 5.41 Å². The molecule has 0 atom stereocenters. The summed E-state index contributed by atoms with van der Waals surface area (Å²) in [5, 5.41) is 18.4. The molecule has 5 heteroatoms. The minimum atomic E-state index is -1.57. The summed E-state index contributed by atoms with van der Waals surface area (Å²) in [5.41, 5.74) is -1.57. The second-order valence-electron chi connectivity index (χ2n) is 4.61. The van der Waals surface area contributed by atoms with E-state index in [9.17, 15) is 19.8 Å². The average Bonchev–Trinajstić information content (AvgIpc) is 2.26. The van der Waals surface area contributed by atoms with E-state index in [4.69, 9.17) is 0 Å². The summed E-state index contributed by atoms with van der Waals surface area (Å²) in [7, 11) is 0. The summed E-state index contributed by atoms with van der Waals surface area (Å²) in [6.45, 7) is 4.03. The molecule has 0 bridgehead atoms. The molecule has 0 saturated heterocycles. The molecule has 0 rings (SSSR count). The third-order valence-electron chi connectivity index (χ3n) is 3.23. The van der Waals surface area contributed by atoms with Gasteiger partial charge < -0.3 is 11.6 Å². The van der Waals surface area contributed by atoms with Gasteiger partial charge in [0.25, 0.3) is 0 Å². The minimum absolute atomic E-state index is 0. The fourth-order valence-electron chi connectivity index (χ4n) is 2.00. The first-order valence-electron chi connectivity index (χ1n) is 6.48. The van der Waals surface area contributed by atoms with Gasteiger partial charge in [-0.1, -0.05) is 52.4 Å². The Bertz CT molecular complexity index is 233. The second-order valence-corrected chi connectivity index (χ2v) is 4.61. The first-order valence-corrected chi connectivity index (χ1v) is 6.48. The third-order valence-corrected chi connectivity index (χ3v) is 3.23. The van der Waals surface area contributed by atoms with E-state index >= 15 is 0 Å². The van der Waals surface area contributed by atoms with Gasteiger partial charge in [-0.25, -0.2) is 0 Å². The van der Waals surface area contributed by atoms with Gasteiger partial charge in [0.1, 0.15) is 0 Å². The molecule has 0 amide bonds. The van der Waals surface area contributed by atoms with Crippen molar-refractivity contribution in [2.75, 3.05) is 0 Å². The van der Waals surface area contributed by atoms with Gasteiger partial charge in [-0.05, 0) is 12.8 Å². The summed E-state index contributed by atoms with van der Waals surface area (Å²) in [4.78, 5) is 22.5. The molecule has 0 saturated carbocycles. The largest absolute Gasteiger partial charge is 1.00 e. The number of carbonyl (C=O) groups is 2. The van der Waals surface area contributed by atoms with Gasteiger partial charge in [-0.2, -0.15) is 0 Å². The molecule has 18 heavy (non-hydrogen) atoms. The van der Waals surface area contributed by atoms with Crippen LogP contribution in [0.5, 0.6) is 0 Å². The number of carboxylic acids is 2. The van der Waals surface area contributed by atoms with Gasteiger partial charge >= 0.3 is 63.3 Å². The quantitative estimate of drug-likeness (QED) is 0.346. The Morgan fingerprint density at radius 1 is 0.889 bits per heavy atom. The maximum Gasteiger partial charge on any atom is 1.00 e. The summed E-state index contributed by atoms with van der Waals surface area (Å²) in [6, 6.07) is 0. The molecule has 0 aromatic heterocycles. The standard InChI is InChI=1S/C13H24O4.K.H/c1-3-5-7-9-13(11(14)15,12(16)17)10-8-6-4-2;;/h3-10H2,1-2H3,(H,14,15)(H,16,17);;/q;+1;-1. The molecule has 0 heterocycles. The Kier molecular flexibility index (Phi) is 13.2. The zero-order chi connectivity index (χ0) is 13.3. The van der Waals surface area contributed by atoms with Gasteiger partial charge in [0, 0.05) is 0 Å². The summed E-state index contributed by atoms with van der Waals surface area (Å²) in [5.74, 6) is -2.37. The molecule has 2 N–H and O–H groups in total. The van der Waals surface area contributed by atoms with Crippen LogP contribution < -0.4 is 51.4 Å². The van der Waals surface area contributed by atoms with Crippen LogP contribution in [0.15, 0.2) is 0 Å². The Labute approximate surface area is 153 Å². The van der Waals surface area contributed by atoms with E-state index in [0.29, 0.717) is 12.8 Å². The van der Waals surface area contributed by atoms with Crippen molar-refractivity contribution in [2.45, 2.75) is 65.2 Å². The predicted molar refractivity (Wildman–Crippen MR) is 67.1 cm³/mol. The molecule has 0 aliphatic heterocycles. The molecule has 0 aromatic rings. The summed E-state index contributed by atoms with van der Waals surface area (Å²) < 4.78 is 0. The molecule has 0 aliphatic carbocycles. The Morgan fingerprint density at radius 3 is 1.44 bits per heavy atom. The molecule has 0 unspecified atom stereocenters. The molecule has 4 nitrogen and oxygen atoms in total. The molecule has 102 valence electrons. The van der Waals surface area contributed by atoms with Crippen LogP contribution in [0, 0.1) is 5.41 Å². The number of aliphatic carboxylic acids is 2. The van der Waals surface area contributed by atoms with E-state index < -0.39 is 17.4 Å². The van der Waals surface area contributed by atoms with E-state index in [1.54, 1.807) is 0 Å². The first-order chi connectivity index (χ1) is 8.01. The van der Waals surface area contributed by atoms with Crippen LogP contribution in [0.2, 0.25) is 0 Å². The number of rotatable bonds is 10. The van der Waals surface area contributed by atoms with Gasteiger partial charge in [0.2, 0.25) is 0 Å². The number of hydrogen-bond donors (Lipinski definition) is 2. The van der Waals surface area contributed by atoms with Crippen molar-refractivity contribution in [1.82, 2.24) is 0 Å². The SMILES string of the molecule is CCCCCC(CCCCC)(C(=O)O)C(=O)O.[H-].[K+]. The Hall–Kier alpha value is 0.576. The third kappa shape index (κ3) is 6.66. The van der Waals surface area contributed by atoms with Crippen molar-refractivity contribution in [3.8, 4) is 0 Å². The molecule has 0 radical (unpaired) electrons. The smallest absolute Gasteiger partial charge is 1.00 e. The zero-order valence-electron chi connectivity index (χ0n) is 12.9. The fraction of sp³-hybridized carbons (Fsp3) is 0.846. The second kappa shape index (κ2) is 11.4. The molecule has 0 aliphatic rings. The van der Waals surface area contributed by atoms with Gasteiger partial charge in [-0.15, -0.1) is 0 Å². The van der Waals surface area contributed by atoms with Crippen LogP contribution in [-0.2, 0) is 9.59 Å². The van der Waals surface area contributed by atoms with E-state index in [0.717, 1.165) is 25.7 Å². The van der Waals surface area contributed by atoms with E-state index in [1.807, 2.05) is 13.8 Å². The monoisotopic (exact) mass is 284 g/mol. The number of carboxylic acid groups (broad SMARTS) is 2. The molecule has 0 fully saturated rings. The summed E-state index contributed by atoms with van der Waals surface area (Å²) in [6.07, 6.45) is 5.52. The Morgan fingerprint density at radius 2 is 1.22 bits per heavy atom. The number of hydrogen-bond acceptors (Lipinski definition) is 2. The van der Waals surface area contributed by atoms with Crippen molar-refractivity contribution >= 4 is 11.9 Å². The van der Waals surface area contributed by atoms with Gasteiger partial charge in [-0.3, -0.25) is 9.59 Å². The Balaban J connectivity index is -0.00000128. The van der Waals surface area contributed by atoms with Crippen LogP contribution in [0.3, 0.4) is 0 Å². The topological polar surface area (TPSA) is 74.6 Å². The van der Waals surface area contributed by atoms with Gasteiger partial charge in [0.05, 0.1) is 0 Å². The molecule has 0 spiro atoms. The molecular formula is C13H25KO4.